The van der Waals surface area contributed by atoms with Gasteiger partial charge in [0.15, 0.2) is 0 Å². The highest BCUT2D eigenvalue weighted by molar-refractivity contribution is 6.06. The van der Waals surface area contributed by atoms with Gasteiger partial charge in [-0.1, -0.05) is 36.4 Å². The number of benzene rings is 2. The molecular weight excluding hydrogens is 266 g/mol. The fourth-order valence-electron chi connectivity index (χ4n) is 2.22. The molecule has 3 amide bonds. The van der Waals surface area contributed by atoms with Crippen LogP contribution in [0.25, 0.3) is 0 Å². The highest BCUT2D eigenvalue weighted by Crippen LogP contribution is 2.21. The predicted octanol–water partition coefficient (Wildman–Crippen LogP) is 2.22. The van der Waals surface area contributed by atoms with Gasteiger partial charge in [-0.3, -0.25) is 4.79 Å². The van der Waals surface area contributed by atoms with Crippen LogP contribution in [0.5, 0.6) is 0 Å². The predicted molar refractivity (Wildman–Crippen MR) is 81.2 cm³/mol. The van der Waals surface area contributed by atoms with Crippen molar-refractivity contribution in [3.05, 3.63) is 60.7 Å². The molecular formula is C16H15N3O2. The maximum atomic E-state index is 12.0. The number of carbonyl (C=O) groups is 2. The Morgan fingerprint density at radius 3 is 2.24 bits per heavy atom. The molecule has 1 atom stereocenters. The maximum absolute atomic E-state index is 12.0. The van der Waals surface area contributed by atoms with E-state index in [4.69, 9.17) is 0 Å². The third kappa shape index (κ3) is 2.86. The first-order chi connectivity index (χ1) is 10.2. The second-order valence-corrected chi connectivity index (χ2v) is 4.80. The molecule has 5 heteroatoms. The summed E-state index contributed by atoms with van der Waals surface area (Å²) in [7, 11) is 0. The summed E-state index contributed by atoms with van der Waals surface area (Å²) >= 11 is 0. The fourth-order valence-corrected chi connectivity index (χ4v) is 2.22. The number of nitrogens with zero attached hydrogens (tertiary/aromatic N) is 1. The summed E-state index contributed by atoms with van der Waals surface area (Å²) in [6.45, 7) is 0.491. The molecule has 2 aromatic rings. The second-order valence-electron chi connectivity index (χ2n) is 4.80. The van der Waals surface area contributed by atoms with Crippen LogP contribution < -0.4 is 15.5 Å². The zero-order chi connectivity index (χ0) is 14.7. The Hall–Kier alpha value is -2.82. The average Bonchev–Trinajstić information content (AvgIpc) is 2.52. The van der Waals surface area contributed by atoms with E-state index in [-0.39, 0.29) is 11.9 Å². The van der Waals surface area contributed by atoms with Crippen LogP contribution >= 0.6 is 0 Å². The van der Waals surface area contributed by atoms with Crippen LogP contribution in [0.1, 0.15) is 0 Å². The summed E-state index contributed by atoms with van der Waals surface area (Å²) in [5.74, 6) is -0.0931. The van der Waals surface area contributed by atoms with E-state index in [1.165, 1.54) is 0 Å². The molecule has 21 heavy (non-hydrogen) atoms. The van der Waals surface area contributed by atoms with Gasteiger partial charge in [-0.05, 0) is 24.3 Å². The van der Waals surface area contributed by atoms with Crippen molar-refractivity contribution < 1.29 is 9.59 Å². The van der Waals surface area contributed by atoms with Gasteiger partial charge in [-0.15, -0.1) is 0 Å². The Balaban J connectivity index is 1.54. The van der Waals surface area contributed by atoms with Crippen LogP contribution in [-0.4, -0.2) is 24.5 Å². The first-order valence-electron chi connectivity index (χ1n) is 6.73. The number of amides is 3. The van der Waals surface area contributed by atoms with Crippen molar-refractivity contribution >= 4 is 23.3 Å². The van der Waals surface area contributed by atoms with Gasteiger partial charge < -0.3 is 15.5 Å². The fraction of sp³-hybridized carbons (Fsp3) is 0.125. The summed E-state index contributed by atoms with van der Waals surface area (Å²) in [6.07, 6.45) is 0. The minimum absolute atomic E-state index is 0.0931. The Labute approximate surface area is 122 Å². The molecule has 0 unspecified atom stereocenters. The van der Waals surface area contributed by atoms with Gasteiger partial charge in [-0.2, -0.15) is 0 Å². The normalized spacial score (nSPS) is 17.0. The summed E-state index contributed by atoms with van der Waals surface area (Å²) in [5.41, 5.74) is 1.55. The number of para-hydroxylation sites is 2. The number of β-lactam (4-membered cyclic amide) rings is 1. The van der Waals surface area contributed by atoms with Crippen molar-refractivity contribution in [1.29, 1.82) is 0 Å². The quantitative estimate of drug-likeness (QED) is 0.847. The van der Waals surface area contributed by atoms with E-state index >= 15 is 0 Å². The second kappa shape index (κ2) is 5.66. The first-order valence-corrected chi connectivity index (χ1v) is 6.73. The molecule has 1 heterocycles. The zero-order valence-electron chi connectivity index (χ0n) is 11.3. The van der Waals surface area contributed by atoms with E-state index in [2.05, 4.69) is 10.6 Å². The lowest BCUT2D eigenvalue weighted by molar-refractivity contribution is -0.124. The van der Waals surface area contributed by atoms with Crippen LogP contribution in [0.2, 0.25) is 0 Å². The Morgan fingerprint density at radius 2 is 1.62 bits per heavy atom. The monoisotopic (exact) mass is 281 g/mol. The molecule has 0 aromatic heterocycles. The molecule has 0 bridgehead atoms. The molecule has 106 valence electrons. The lowest BCUT2D eigenvalue weighted by atomic mass is 10.1. The zero-order valence-corrected chi connectivity index (χ0v) is 11.3. The summed E-state index contributed by atoms with van der Waals surface area (Å²) < 4.78 is 0. The Bertz CT molecular complexity index is 643. The summed E-state index contributed by atoms with van der Waals surface area (Å²) in [4.78, 5) is 25.5. The number of hydrogen-bond acceptors (Lipinski definition) is 2. The smallest absolute Gasteiger partial charge is 0.319 e. The van der Waals surface area contributed by atoms with E-state index in [1.807, 2.05) is 48.5 Å². The summed E-state index contributed by atoms with van der Waals surface area (Å²) in [6, 6.07) is 17.7. The number of carbonyl (C=O) groups excluding carboxylic acids is 2. The molecule has 2 aromatic carbocycles. The van der Waals surface area contributed by atoms with Gasteiger partial charge in [0.25, 0.3) is 5.91 Å². The highest BCUT2D eigenvalue weighted by Gasteiger charge is 2.38. The van der Waals surface area contributed by atoms with Crippen molar-refractivity contribution in [2.75, 3.05) is 16.8 Å². The number of anilines is 2. The summed E-state index contributed by atoms with van der Waals surface area (Å²) in [5, 5.41) is 5.37. The average molecular weight is 281 g/mol. The lowest BCUT2D eigenvalue weighted by Gasteiger charge is -2.38. The molecule has 0 aliphatic carbocycles. The van der Waals surface area contributed by atoms with Crippen LogP contribution in [0.3, 0.4) is 0 Å². The van der Waals surface area contributed by atoms with E-state index in [9.17, 15) is 9.59 Å². The van der Waals surface area contributed by atoms with Gasteiger partial charge in [0, 0.05) is 11.4 Å². The molecule has 0 radical (unpaired) electrons. The van der Waals surface area contributed by atoms with Gasteiger partial charge in [-0.25, -0.2) is 4.79 Å². The number of nitrogens with one attached hydrogen (secondary N) is 2. The molecule has 2 N–H and O–H groups in total. The Kier molecular flexibility index (Phi) is 3.55. The van der Waals surface area contributed by atoms with Crippen LogP contribution in [0, 0.1) is 0 Å². The number of rotatable bonds is 3. The molecule has 1 aliphatic rings. The van der Waals surface area contributed by atoms with Crippen molar-refractivity contribution in [2.24, 2.45) is 0 Å². The third-order valence-corrected chi connectivity index (χ3v) is 3.33. The van der Waals surface area contributed by atoms with E-state index in [0.29, 0.717) is 12.2 Å². The molecule has 0 saturated carbocycles. The molecule has 5 nitrogen and oxygen atoms in total. The largest absolute Gasteiger partial charge is 0.324 e. The SMILES string of the molecule is O=C(Nc1ccccc1)N[C@@H]1CN(c2ccccc2)C1=O. The van der Waals surface area contributed by atoms with Crippen LogP contribution in [0.15, 0.2) is 60.7 Å². The standard InChI is InChI=1S/C16H15N3O2/c20-15-14(11-19(15)13-9-5-2-6-10-13)18-16(21)17-12-7-3-1-4-8-12/h1-10,14H,11H2,(H2,17,18,21)/t14-/m1/s1. The van der Waals surface area contributed by atoms with Gasteiger partial charge in [0.1, 0.15) is 6.04 Å². The van der Waals surface area contributed by atoms with Gasteiger partial charge in [0.2, 0.25) is 0 Å². The minimum Gasteiger partial charge on any atom is -0.324 e. The van der Waals surface area contributed by atoms with Gasteiger partial charge >= 0.3 is 6.03 Å². The highest BCUT2D eigenvalue weighted by atomic mass is 16.2. The number of hydrogen-bond donors (Lipinski definition) is 2. The third-order valence-electron chi connectivity index (χ3n) is 3.33. The maximum Gasteiger partial charge on any atom is 0.319 e. The van der Waals surface area contributed by atoms with Gasteiger partial charge in [0.05, 0.1) is 6.54 Å². The van der Waals surface area contributed by atoms with Crippen molar-refractivity contribution in [3.63, 3.8) is 0 Å². The minimum atomic E-state index is -0.464. The van der Waals surface area contributed by atoms with Crippen molar-refractivity contribution in [1.82, 2.24) is 5.32 Å². The van der Waals surface area contributed by atoms with E-state index in [1.54, 1.807) is 17.0 Å². The molecule has 3 rings (SSSR count). The van der Waals surface area contributed by atoms with Crippen LogP contribution in [-0.2, 0) is 4.79 Å². The number of urea groups is 1. The van der Waals surface area contributed by atoms with E-state index in [0.717, 1.165) is 5.69 Å². The molecule has 1 fully saturated rings. The van der Waals surface area contributed by atoms with Crippen LogP contribution in [0.4, 0.5) is 16.2 Å². The van der Waals surface area contributed by atoms with Crippen molar-refractivity contribution in [3.8, 4) is 0 Å². The molecule has 1 aliphatic heterocycles. The van der Waals surface area contributed by atoms with Crippen molar-refractivity contribution in [2.45, 2.75) is 6.04 Å². The van der Waals surface area contributed by atoms with E-state index < -0.39 is 6.04 Å². The molecule has 0 spiro atoms. The first kappa shape index (κ1) is 13.2. The Morgan fingerprint density at radius 1 is 1.00 bits per heavy atom. The molecule has 1 saturated heterocycles. The topological polar surface area (TPSA) is 61.4 Å². The lowest BCUT2D eigenvalue weighted by Crippen LogP contribution is -2.64.